The van der Waals surface area contributed by atoms with E-state index in [2.05, 4.69) is 4.74 Å². The first-order chi connectivity index (χ1) is 10.6. The number of nitrogens with zero attached hydrogens (tertiary/aromatic N) is 1. The molecule has 0 aliphatic carbocycles. The first-order valence-electron chi connectivity index (χ1n) is 7.78. The molecule has 0 aliphatic rings. The highest BCUT2D eigenvalue weighted by Crippen LogP contribution is 2.15. The van der Waals surface area contributed by atoms with E-state index in [-0.39, 0.29) is 11.7 Å². The van der Waals surface area contributed by atoms with Crippen LogP contribution in [0.15, 0.2) is 27.4 Å². The van der Waals surface area contributed by atoms with E-state index < -0.39 is 0 Å². The van der Waals surface area contributed by atoms with Gasteiger partial charge in [0.05, 0.1) is 12.6 Å². The fourth-order valence-electron chi connectivity index (χ4n) is 2.56. The average molecular weight is 305 g/mol. The van der Waals surface area contributed by atoms with Crippen LogP contribution in [0.1, 0.15) is 44.1 Å². The maximum Gasteiger partial charge on any atom is 0.419 e. The summed E-state index contributed by atoms with van der Waals surface area (Å²) in [5, 5.41) is 0. The molecule has 0 spiro atoms. The summed E-state index contributed by atoms with van der Waals surface area (Å²) < 4.78 is 11.6. The van der Waals surface area contributed by atoms with Gasteiger partial charge < -0.3 is 9.15 Å². The molecule has 1 aromatic carbocycles. The fourth-order valence-corrected chi connectivity index (χ4v) is 2.56. The van der Waals surface area contributed by atoms with Gasteiger partial charge in [-0.2, -0.15) is 0 Å². The molecule has 0 atom stereocenters. The Bertz CT molecular complexity index is 684. The Kier molecular flexibility index (Phi) is 5.81. The van der Waals surface area contributed by atoms with Gasteiger partial charge in [0.15, 0.2) is 5.58 Å². The van der Waals surface area contributed by atoms with Crippen LogP contribution in [0.4, 0.5) is 0 Å². The number of rotatable bonds is 8. The zero-order valence-electron chi connectivity index (χ0n) is 13.3. The molecule has 0 radical (unpaired) electrons. The van der Waals surface area contributed by atoms with Crippen LogP contribution in [-0.2, 0) is 16.1 Å². The molecule has 0 aliphatic heterocycles. The van der Waals surface area contributed by atoms with Crippen LogP contribution in [0.25, 0.3) is 11.1 Å². The Hall–Kier alpha value is -2.04. The van der Waals surface area contributed by atoms with Crippen molar-refractivity contribution >= 4 is 17.1 Å². The zero-order valence-corrected chi connectivity index (χ0v) is 13.3. The second-order valence-electron chi connectivity index (χ2n) is 5.58. The number of esters is 1. The Morgan fingerprint density at radius 2 is 1.91 bits per heavy atom. The third-order valence-corrected chi connectivity index (χ3v) is 3.81. The molecule has 120 valence electrons. The zero-order chi connectivity index (χ0) is 15.9. The number of aromatic nitrogens is 1. The minimum atomic E-state index is -0.286. The van der Waals surface area contributed by atoms with Crippen molar-refractivity contribution in [3.05, 3.63) is 34.3 Å². The maximum absolute atomic E-state index is 11.9. The summed E-state index contributed by atoms with van der Waals surface area (Å²) in [6, 6.07) is 5.81. The van der Waals surface area contributed by atoms with E-state index in [9.17, 15) is 9.59 Å². The number of carbonyl (C=O) groups excluding carboxylic acids is 1. The Morgan fingerprint density at radius 3 is 2.68 bits per heavy atom. The molecule has 2 rings (SSSR count). The van der Waals surface area contributed by atoms with Gasteiger partial charge in [0.1, 0.15) is 0 Å². The van der Waals surface area contributed by atoms with Gasteiger partial charge in [0.2, 0.25) is 0 Å². The van der Waals surface area contributed by atoms with Crippen LogP contribution in [0, 0.1) is 6.92 Å². The second-order valence-corrected chi connectivity index (χ2v) is 5.58. The van der Waals surface area contributed by atoms with E-state index in [1.165, 1.54) is 7.11 Å². The van der Waals surface area contributed by atoms with Crippen molar-refractivity contribution < 1.29 is 13.9 Å². The molecule has 0 fully saturated rings. The number of aryl methyl sites for hydroxylation is 2. The molecule has 0 saturated heterocycles. The van der Waals surface area contributed by atoms with E-state index >= 15 is 0 Å². The highest BCUT2D eigenvalue weighted by Gasteiger charge is 2.08. The molecule has 1 aromatic heterocycles. The van der Waals surface area contributed by atoms with E-state index in [0.717, 1.165) is 43.2 Å². The lowest BCUT2D eigenvalue weighted by Gasteiger charge is -2.03. The van der Waals surface area contributed by atoms with E-state index in [4.69, 9.17) is 4.42 Å². The molecular formula is C17H23NO4. The van der Waals surface area contributed by atoms with Crippen molar-refractivity contribution in [2.45, 2.75) is 52.0 Å². The molecular weight excluding hydrogens is 282 g/mol. The second kappa shape index (κ2) is 7.82. The lowest BCUT2D eigenvalue weighted by molar-refractivity contribution is -0.140. The number of hydrogen-bond acceptors (Lipinski definition) is 4. The SMILES string of the molecule is COC(=O)CCCCCCCn1c(=O)oc2cc(C)ccc21. The summed E-state index contributed by atoms with van der Waals surface area (Å²) in [6.07, 6.45) is 5.38. The molecule has 22 heavy (non-hydrogen) atoms. The van der Waals surface area contributed by atoms with Gasteiger partial charge in [-0.3, -0.25) is 9.36 Å². The van der Waals surface area contributed by atoms with Crippen LogP contribution in [0.3, 0.4) is 0 Å². The third kappa shape index (κ3) is 4.23. The highest BCUT2D eigenvalue weighted by atomic mass is 16.5. The fraction of sp³-hybridized carbons (Fsp3) is 0.529. The van der Waals surface area contributed by atoms with E-state index in [1.807, 2.05) is 25.1 Å². The van der Waals surface area contributed by atoms with Gasteiger partial charge in [-0.05, 0) is 37.5 Å². The predicted molar refractivity (Wildman–Crippen MR) is 84.9 cm³/mol. The maximum atomic E-state index is 11.9. The van der Waals surface area contributed by atoms with E-state index in [1.54, 1.807) is 4.57 Å². The van der Waals surface area contributed by atoms with Crippen LogP contribution >= 0.6 is 0 Å². The van der Waals surface area contributed by atoms with Crippen molar-refractivity contribution in [3.8, 4) is 0 Å². The minimum absolute atomic E-state index is 0.147. The van der Waals surface area contributed by atoms with Crippen LogP contribution in [-0.4, -0.2) is 17.6 Å². The predicted octanol–water partition coefficient (Wildman–Crippen LogP) is 3.42. The largest absolute Gasteiger partial charge is 0.469 e. The first kappa shape index (κ1) is 16.3. The molecule has 0 unspecified atom stereocenters. The van der Waals surface area contributed by atoms with Crippen molar-refractivity contribution in [3.63, 3.8) is 0 Å². The lowest BCUT2D eigenvalue weighted by atomic mass is 10.1. The number of oxazole rings is 1. The van der Waals surface area contributed by atoms with Crippen LogP contribution in [0.2, 0.25) is 0 Å². The van der Waals surface area contributed by atoms with Gasteiger partial charge in [0, 0.05) is 13.0 Å². The molecule has 1 heterocycles. The summed E-state index contributed by atoms with van der Waals surface area (Å²) in [6.45, 7) is 2.65. The molecule has 0 bridgehead atoms. The molecule has 2 aromatic rings. The number of benzene rings is 1. The summed E-state index contributed by atoms with van der Waals surface area (Å²) >= 11 is 0. The van der Waals surface area contributed by atoms with Gasteiger partial charge in [-0.1, -0.05) is 25.3 Å². The summed E-state index contributed by atoms with van der Waals surface area (Å²) in [4.78, 5) is 22.8. The molecule has 5 heteroatoms. The normalized spacial score (nSPS) is 11.0. The van der Waals surface area contributed by atoms with Crippen LogP contribution in [0.5, 0.6) is 0 Å². The van der Waals surface area contributed by atoms with Crippen molar-refractivity contribution in [2.24, 2.45) is 0 Å². The molecule has 5 nitrogen and oxygen atoms in total. The topological polar surface area (TPSA) is 61.4 Å². The number of ether oxygens (including phenoxy) is 1. The Balaban J connectivity index is 1.77. The van der Waals surface area contributed by atoms with Gasteiger partial charge >= 0.3 is 11.7 Å². The Labute approximate surface area is 129 Å². The molecule has 0 N–H and O–H groups in total. The van der Waals surface area contributed by atoms with Gasteiger partial charge in [-0.25, -0.2) is 4.79 Å². The number of unbranched alkanes of at least 4 members (excludes halogenated alkanes) is 4. The summed E-state index contributed by atoms with van der Waals surface area (Å²) in [5.41, 5.74) is 2.60. The number of carbonyl (C=O) groups is 1. The number of hydrogen-bond donors (Lipinski definition) is 0. The summed E-state index contributed by atoms with van der Waals surface area (Å²) in [7, 11) is 1.41. The third-order valence-electron chi connectivity index (χ3n) is 3.81. The number of fused-ring (bicyclic) bond motifs is 1. The smallest absolute Gasteiger partial charge is 0.419 e. The monoisotopic (exact) mass is 305 g/mol. The quantitative estimate of drug-likeness (QED) is 0.554. The standard InChI is InChI=1S/C17H23NO4/c1-13-9-10-14-15(12-13)22-17(20)18(14)11-7-5-3-4-6-8-16(19)21-2/h9-10,12H,3-8,11H2,1-2H3. The first-order valence-corrected chi connectivity index (χ1v) is 7.78. The van der Waals surface area contributed by atoms with Crippen molar-refractivity contribution in [1.29, 1.82) is 0 Å². The molecule has 0 saturated carbocycles. The summed E-state index contributed by atoms with van der Waals surface area (Å²) in [5.74, 6) is -0.432. The van der Waals surface area contributed by atoms with Crippen molar-refractivity contribution in [2.75, 3.05) is 7.11 Å². The lowest BCUT2D eigenvalue weighted by Crippen LogP contribution is -2.14. The number of methoxy groups -OCH3 is 1. The van der Waals surface area contributed by atoms with Gasteiger partial charge in [-0.15, -0.1) is 0 Å². The Morgan fingerprint density at radius 1 is 1.18 bits per heavy atom. The average Bonchev–Trinajstić information content (AvgIpc) is 2.80. The van der Waals surface area contributed by atoms with E-state index in [0.29, 0.717) is 18.5 Å². The van der Waals surface area contributed by atoms with Crippen molar-refractivity contribution in [1.82, 2.24) is 4.57 Å². The minimum Gasteiger partial charge on any atom is -0.469 e. The molecule has 0 amide bonds. The van der Waals surface area contributed by atoms with Crippen LogP contribution < -0.4 is 5.76 Å². The highest BCUT2D eigenvalue weighted by molar-refractivity contribution is 5.73. The van der Waals surface area contributed by atoms with Gasteiger partial charge in [0.25, 0.3) is 0 Å².